The molecular formula is C56H75N13O10. The van der Waals surface area contributed by atoms with E-state index in [1.807, 2.05) is 6.92 Å². The normalized spacial score (nSPS) is 15.7. The fraction of sp³-hybridized carbons (Fsp3) is 0.446. The summed E-state index contributed by atoms with van der Waals surface area (Å²) in [6.45, 7) is 7.13. The average molecular weight is 1090 g/mol. The fourth-order valence-electron chi connectivity index (χ4n) is 9.08. The number of amides is 7. The maximum Gasteiger partial charge on any atom is 0.326 e. The molecule has 1 aromatic heterocycles. The number of carbonyl (C=O) groups is 9. The molecule has 424 valence electrons. The standard InChI is InChI=1S/C56H75N13O10/c1-6-34(4)47(53(76)65-42(29-39-30-60-32-62-39)54(77)69-26-14-20-44(69)51(74)66-43(55(78)79)28-35-15-9-7-10-16-35)68-50(73)41(27-36-21-23-38(24-22-36)48(71)37-17-11-8-12-18-37)64-52(75)46(33(2)3)67-49(72)40(63-45(70)31-59-5)19-13-25-61-56(57)58/h7-12,15-18,21-24,30,32-34,40-44,46-47,59H,6,13-14,19-20,25-29,31H2,1-5H3,(H,60,62)(H,63,70)(H,64,75)(H,65,76)(H,66,74)(H,67,72)(H,68,73)(H,78,79)(H4,57,58,61)/t34-,40-,41-,42-,43-,44-,46-,47-/m0/s1. The van der Waals surface area contributed by atoms with Crippen molar-refractivity contribution in [3.8, 4) is 0 Å². The van der Waals surface area contributed by atoms with Gasteiger partial charge >= 0.3 is 5.97 Å². The van der Waals surface area contributed by atoms with Crippen molar-refractivity contribution in [3.05, 3.63) is 125 Å². The molecule has 1 fully saturated rings. The van der Waals surface area contributed by atoms with Crippen LogP contribution in [-0.2, 0) is 57.6 Å². The molecule has 23 nitrogen and oxygen atoms in total. The number of carboxylic acid groups (broad SMARTS) is 1. The molecular weight excluding hydrogens is 1010 g/mol. The van der Waals surface area contributed by atoms with Gasteiger partial charge in [0.15, 0.2) is 11.7 Å². The highest BCUT2D eigenvalue weighted by Crippen LogP contribution is 2.21. The number of aromatic nitrogens is 2. The molecule has 4 aromatic rings. The quantitative estimate of drug-likeness (QED) is 0.0148. The number of nitrogens with one attached hydrogen (secondary N) is 8. The first kappa shape index (κ1) is 61.4. The van der Waals surface area contributed by atoms with Crippen molar-refractivity contribution in [1.29, 1.82) is 0 Å². The van der Waals surface area contributed by atoms with Crippen LogP contribution in [0.4, 0.5) is 0 Å². The smallest absolute Gasteiger partial charge is 0.326 e. The van der Waals surface area contributed by atoms with E-state index in [4.69, 9.17) is 11.5 Å². The molecule has 13 N–H and O–H groups in total. The summed E-state index contributed by atoms with van der Waals surface area (Å²) in [4.78, 5) is 137. The SMILES string of the molecule is CC[C@H](C)[C@H](NC(=O)[C@H](Cc1ccc(C(=O)c2ccccc2)cc1)NC(=O)[C@@H](NC(=O)[C@H](CCCN=C(N)N)NC(=O)CNC)C(C)C)C(=O)N[C@@H](Cc1cnc[nH]1)C(=O)N1CCC[C@H]1C(=O)N[C@@H](Cc1ccccc1)C(=O)O. The lowest BCUT2D eigenvalue weighted by Gasteiger charge is -2.32. The number of hydrogen-bond acceptors (Lipinski definition) is 12. The van der Waals surface area contributed by atoms with Crippen LogP contribution in [0, 0.1) is 11.8 Å². The van der Waals surface area contributed by atoms with Crippen LogP contribution < -0.4 is 48.7 Å². The minimum absolute atomic E-state index is 0.00760. The van der Waals surface area contributed by atoms with Crippen LogP contribution in [0.5, 0.6) is 0 Å². The van der Waals surface area contributed by atoms with Gasteiger partial charge in [-0.25, -0.2) is 9.78 Å². The Hall–Kier alpha value is -8.47. The first-order chi connectivity index (χ1) is 37.8. The second kappa shape index (κ2) is 30.5. The van der Waals surface area contributed by atoms with E-state index in [0.717, 1.165) is 0 Å². The Balaban J connectivity index is 1.41. The molecule has 0 unspecified atom stereocenters. The summed E-state index contributed by atoms with van der Waals surface area (Å²) in [6, 6.07) is 15.3. The number of ketones is 1. The number of nitrogens with zero attached hydrogens (tertiary/aromatic N) is 3. The maximum atomic E-state index is 14.8. The van der Waals surface area contributed by atoms with Gasteiger partial charge < -0.3 is 63.7 Å². The van der Waals surface area contributed by atoms with Crippen LogP contribution in [0.25, 0.3) is 0 Å². The third kappa shape index (κ3) is 18.6. The monoisotopic (exact) mass is 1090 g/mol. The van der Waals surface area contributed by atoms with E-state index >= 15 is 0 Å². The van der Waals surface area contributed by atoms with Gasteiger partial charge in [0, 0.05) is 55.4 Å². The Morgan fingerprint density at radius 1 is 0.709 bits per heavy atom. The second-order valence-electron chi connectivity index (χ2n) is 20.0. The van der Waals surface area contributed by atoms with Crippen LogP contribution in [0.2, 0.25) is 0 Å². The zero-order valence-electron chi connectivity index (χ0n) is 45.3. The van der Waals surface area contributed by atoms with E-state index in [-0.39, 0.29) is 63.5 Å². The molecule has 0 aliphatic carbocycles. The molecule has 79 heavy (non-hydrogen) atoms. The summed E-state index contributed by atoms with van der Waals surface area (Å²) in [5.41, 5.74) is 13.5. The van der Waals surface area contributed by atoms with E-state index in [2.05, 4.69) is 52.2 Å². The molecule has 7 amide bonds. The molecule has 5 rings (SSSR count). The third-order valence-corrected chi connectivity index (χ3v) is 13.6. The molecule has 2 heterocycles. The summed E-state index contributed by atoms with van der Waals surface area (Å²) < 4.78 is 0. The van der Waals surface area contributed by atoms with Gasteiger partial charge in [0.2, 0.25) is 41.4 Å². The van der Waals surface area contributed by atoms with Crippen LogP contribution >= 0.6 is 0 Å². The van der Waals surface area contributed by atoms with Gasteiger partial charge in [-0.2, -0.15) is 0 Å². The number of aromatic amines is 1. The first-order valence-corrected chi connectivity index (χ1v) is 26.5. The Bertz CT molecular complexity index is 2720. The number of hydrogen-bond donors (Lipinski definition) is 11. The zero-order valence-corrected chi connectivity index (χ0v) is 45.3. The Labute approximate surface area is 459 Å². The Morgan fingerprint density at radius 2 is 1.30 bits per heavy atom. The Kier molecular flexibility index (Phi) is 23.7. The number of likely N-dealkylation sites (N-methyl/N-ethyl adjacent to an activating group) is 1. The van der Waals surface area contributed by atoms with Gasteiger partial charge in [0.05, 0.1) is 12.9 Å². The van der Waals surface area contributed by atoms with Crippen molar-refractivity contribution in [3.63, 3.8) is 0 Å². The number of carbonyl (C=O) groups excluding carboxylic acids is 8. The number of nitrogens with two attached hydrogens (primary N) is 2. The predicted octanol–water partition coefficient (Wildman–Crippen LogP) is 0.628. The molecule has 1 aliphatic heterocycles. The lowest BCUT2D eigenvalue weighted by molar-refractivity contribution is -0.145. The number of H-pyrrole nitrogens is 1. The highest BCUT2D eigenvalue weighted by molar-refractivity contribution is 6.09. The van der Waals surface area contributed by atoms with Crippen LogP contribution in [0.15, 0.2) is 102 Å². The lowest BCUT2D eigenvalue weighted by Crippen LogP contribution is -2.62. The average Bonchev–Trinajstić information content (AvgIpc) is 4.17. The van der Waals surface area contributed by atoms with Crippen LogP contribution in [0.3, 0.4) is 0 Å². The molecule has 1 saturated heterocycles. The summed E-state index contributed by atoms with van der Waals surface area (Å²) >= 11 is 0. The number of aliphatic carboxylic acids is 1. The number of guanidine groups is 1. The van der Waals surface area contributed by atoms with Crippen molar-refractivity contribution < 1.29 is 48.3 Å². The van der Waals surface area contributed by atoms with E-state index in [9.17, 15) is 48.3 Å². The van der Waals surface area contributed by atoms with E-state index in [1.54, 1.807) is 113 Å². The molecule has 8 atom stereocenters. The molecule has 0 spiro atoms. The van der Waals surface area contributed by atoms with Crippen molar-refractivity contribution in [1.82, 2.24) is 52.1 Å². The summed E-state index contributed by atoms with van der Waals surface area (Å²) in [6.07, 6.45) is 4.09. The van der Waals surface area contributed by atoms with Gasteiger partial charge in [0.1, 0.15) is 42.3 Å². The molecule has 0 saturated carbocycles. The van der Waals surface area contributed by atoms with Gasteiger partial charge in [0.25, 0.3) is 0 Å². The number of benzene rings is 3. The lowest BCUT2D eigenvalue weighted by atomic mass is 9.95. The van der Waals surface area contributed by atoms with Crippen molar-refractivity contribution in [2.24, 2.45) is 28.3 Å². The number of carboxylic acids is 1. The molecule has 1 aliphatic rings. The Morgan fingerprint density at radius 3 is 1.91 bits per heavy atom. The van der Waals surface area contributed by atoms with Crippen molar-refractivity contribution in [2.75, 3.05) is 26.7 Å². The molecule has 23 heteroatoms. The maximum absolute atomic E-state index is 14.8. The fourth-order valence-corrected chi connectivity index (χ4v) is 9.08. The number of imidazole rings is 1. The highest BCUT2D eigenvalue weighted by atomic mass is 16.4. The minimum Gasteiger partial charge on any atom is -0.480 e. The summed E-state index contributed by atoms with van der Waals surface area (Å²) in [5.74, 6) is -7.47. The van der Waals surface area contributed by atoms with Gasteiger partial charge in [-0.05, 0) is 55.7 Å². The second-order valence-corrected chi connectivity index (χ2v) is 20.0. The van der Waals surface area contributed by atoms with Gasteiger partial charge in [-0.15, -0.1) is 0 Å². The predicted molar refractivity (Wildman–Crippen MR) is 295 cm³/mol. The van der Waals surface area contributed by atoms with Gasteiger partial charge in [-0.3, -0.25) is 43.3 Å². The third-order valence-electron chi connectivity index (χ3n) is 13.6. The topological polar surface area (TPSA) is 354 Å². The molecule has 0 bridgehead atoms. The zero-order chi connectivity index (χ0) is 57.6. The largest absolute Gasteiger partial charge is 0.480 e. The minimum atomic E-state index is -1.39. The molecule has 0 radical (unpaired) electrons. The number of likely N-dealkylation sites (tertiary alicyclic amines) is 1. The van der Waals surface area contributed by atoms with E-state index < -0.39 is 101 Å². The number of rotatable bonds is 30. The summed E-state index contributed by atoms with van der Waals surface area (Å²) in [5, 5.41) is 29.3. The van der Waals surface area contributed by atoms with Crippen molar-refractivity contribution >= 4 is 59.1 Å². The highest BCUT2D eigenvalue weighted by Gasteiger charge is 2.41. The van der Waals surface area contributed by atoms with Crippen LogP contribution in [-0.4, -0.2) is 148 Å². The van der Waals surface area contributed by atoms with E-state index in [0.29, 0.717) is 47.2 Å². The summed E-state index contributed by atoms with van der Waals surface area (Å²) in [7, 11) is 1.57. The first-order valence-electron chi connectivity index (χ1n) is 26.5. The van der Waals surface area contributed by atoms with E-state index in [1.165, 1.54) is 17.4 Å². The number of aliphatic imine (C=N–C) groups is 1. The van der Waals surface area contributed by atoms with Crippen LogP contribution in [0.1, 0.15) is 92.5 Å². The van der Waals surface area contributed by atoms with Crippen molar-refractivity contribution in [2.45, 2.75) is 121 Å². The van der Waals surface area contributed by atoms with Gasteiger partial charge in [-0.1, -0.05) is 119 Å². The molecule has 3 aromatic carbocycles.